The van der Waals surface area contributed by atoms with Crippen molar-refractivity contribution in [3.8, 4) is 0 Å². The van der Waals surface area contributed by atoms with Crippen molar-refractivity contribution in [1.82, 2.24) is 20.3 Å². The Bertz CT molecular complexity index is 652. The van der Waals surface area contributed by atoms with Gasteiger partial charge in [0.05, 0.1) is 11.4 Å². The summed E-state index contributed by atoms with van der Waals surface area (Å²) in [6, 6.07) is 3.57. The first-order valence-electron chi connectivity index (χ1n) is 6.52. The van der Waals surface area contributed by atoms with E-state index in [0.717, 1.165) is 19.5 Å². The fourth-order valence-electron chi connectivity index (χ4n) is 2.39. The largest absolute Gasteiger partial charge is 0.382 e. The number of nitrogens with zero attached hydrogens (tertiary/aromatic N) is 4. The lowest BCUT2D eigenvalue weighted by Gasteiger charge is -2.20. The van der Waals surface area contributed by atoms with Crippen molar-refractivity contribution in [2.75, 3.05) is 30.8 Å². The van der Waals surface area contributed by atoms with Gasteiger partial charge in [-0.1, -0.05) is 0 Å². The number of pyridine rings is 1. The second kappa shape index (κ2) is 5.01. The fraction of sp³-hybridized carbons (Fsp3) is 0.385. The minimum absolute atomic E-state index is 0.0156. The molecular formula is C13H16N6O. The Labute approximate surface area is 116 Å². The zero-order valence-electron chi connectivity index (χ0n) is 11.2. The smallest absolute Gasteiger partial charge is 0.232 e. The molecule has 1 atom stereocenters. The van der Waals surface area contributed by atoms with Crippen LogP contribution >= 0.6 is 0 Å². The van der Waals surface area contributed by atoms with Crippen molar-refractivity contribution in [2.24, 2.45) is 5.92 Å². The van der Waals surface area contributed by atoms with Crippen molar-refractivity contribution in [3.05, 3.63) is 18.5 Å². The van der Waals surface area contributed by atoms with Crippen LogP contribution in [-0.4, -0.2) is 41.0 Å². The lowest BCUT2D eigenvalue weighted by molar-refractivity contribution is -0.121. The van der Waals surface area contributed by atoms with Crippen LogP contribution in [0.25, 0.3) is 11.0 Å². The van der Waals surface area contributed by atoms with Gasteiger partial charge in [0.2, 0.25) is 5.91 Å². The van der Waals surface area contributed by atoms with E-state index in [2.05, 4.69) is 20.3 Å². The Morgan fingerprint density at radius 2 is 2.30 bits per heavy atom. The molecule has 1 amide bonds. The van der Waals surface area contributed by atoms with Crippen LogP contribution in [0.15, 0.2) is 18.5 Å². The molecule has 3 rings (SSSR count). The average Bonchev–Trinajstić information content (AvgIpc) is 3.00. The predicted molar refractivity (Wildman–Crippen MR) is 76.1 cm³/mol. The third-order valence-corrected chi connectivity index (χ3v) is 3.58. The third kappa shape index (κ3) is 2.16. The van der Waals surface area contributed by atoms with E-state index in [9.17, 15) is 4.79 Å². The van der Waals surface area contributed by atoms with Gasteiger partial charge >= 0.3 is 0 Å². The van der Waals surface area contributed by atoms with E-state index in [1.54, 1.807) is 24.1 Å². The van der Waals surface area contributed by atoms with E-state index >= 15 is 0 Å². The second-order valence-electron chi connectivity index (χ2n) is 4.88. The Hall–Kier alpha value is -2.28. The molecule has 1 aliphatic rings. The number of nitrogens with one attached hydrogen (secondary N) is 1. The third-order valence-electron chi connectivity index (χ3n) is 3.58. The number of anilines is 2. The number of carbonyl (C=O) groups is 1. The van der Waals surface area contributed by atoms with Crippen LogP contribution in [0.1, 0.15) is 6.42 Å². The average molecular weight is 272 g/mol. The number of nitrogen functional groups attached to an aromatic ring is 1. The van der Waals surface area contributed by atoms with E-state index in [4.69, 9.17) is 5.73 Å². The number of nitrogens with two attached hydrogens (primary N) is 1. The summed E-state index contributed by atoms with van der Waals surface area (Å²) in [5.74, 6) is 0.968. The lowest BCUT2D eigenvalue weighted by Crippen LogP contribution is -2.34. The molecule has 1 fully saturated rings. The molecule has 0 spiro atoms. The van der Waals surface area contributed by atoms with Gasteiger partial charge in [0.15, 0.2) is 5.82 Å². The molecule has 1 aliphatic heterocycles. The summed E-state index contributed by atoms with van der Waals surface area (Å²) in [7, 11) is 1.73. The quantitative estimate of drug-likeness (QED) is 0.809. The summed E-state index contributed by atoms with van der Waals surface area (Å²) in [6.07, 6.45) is 2.26. The summed E-state index contributed by atoms with van der Waals surface area (Å²) >= 11 is 0. The van der Waals surface area contributed by atoms with Crippen molar-refractivity contribution >= 4 is 28.6 Å². The molecule has 3 heterocycles. The maximum absolute atomic E-state index is 12.4. The number of rotatable bonds is 2. The molecule has 7 nitrogen and oxygen atoms in total. The summed E-state index contributed by atoms with van der Waals surface area (Å²) in [6.45, 7) is 1.61. The minimum Gasteiger partial charge on any atom is -0.382 e. The summed E-state index contributed by atoms with van der Waals surface area (Å²) in [5, 5.41) is 3.19. The standard InChI is InChI=1S/C13H16N6O/c1-19(13(20)8-4-5-15-6-8)10-3-2-9-11(18-10)12(14)17-7-16-9/h2-3,7-8,15H,4-6H2,1H3,(H2,14,16,17). The Kier molecular flexibility index (Phi) is 3.19. The van der Waals surface area contributed by atoms with Crippen LogP contribution in [0.2, 0.25) is 0 Å². The van der Waals surface area contributed by atoms with Crippen molar-refractivity contribution in [2.45, 2.75) is 6.42 Å². The fourth-order valence-corrected chi connectivity index (χ4v) is 2.39. The van der Waals surface area contributed by atoms with Gasteiger partial charge in [-0.2, -0.15) is 0 Å². The Balaban J connectivity index is 1.93. The number of aromatic nitrogens is 3. The van der Waals surface area contributed by atoms with Crippen LogP contribution in [0, 0.1) is 5.92 Å². The molecule has 1 saturated heterocycles. The zero-order chi connectivity index (χ0) is 14.1. The van der Waals surface area contributed by atoms with Crippen LogP contribution in [0.3, 0.4) is 0 Å². The number of carbonyl (C=O) groups excluding carboxylic acids is 1. The SMILES string of the molecule is CN(C(=O)C1CCNC1)c1ccc2ncnc(N)c2n1. The summed E-state index contributed by atoms with van der Waals surface area (Å²) in [5.41, 5.74) is 6.99. The minimum atomic E-state index is 0.0156. The molecule has 0 aliphatic carbocycles. The zero-order valence-corrected chi connectivity index (χ0v) is 11.2. The molecule has 0 aromatic carbocycles. The van der Waals surface area contributed by atoms with Gasteiger partial charge in [0, 0.05) is 13.6 Å². The Morgan fingerprint density at radius 3 is 3.05 bits per heavy atom. The van der Waals surface area contributed by atoms with E-state index < -0.39 is 0 Å². The highest BCUT2D eigenvalue weighted by Crippen LogP contribution is 2.21. The maximum Gasteiger partial charge on any atom is 0.232 e. The van der Waals surface area contributed by atoms with Gasteiger partial charge in [-0.25, -0.2) is 15.0 Å². The molecule has 1 unspecified atom stereocenters. The highest BCUT2D eigenvalue weighted by molar-refractivity contribution is 5.95. The van der Waals surface area contributed by atoms with E-state index in [1.165, 1.54) is 6.33 Å². The molecule has 0 radical (unpaired) electrons. The lowest BCUT2D eigenvalue weighted by atomic mass is 10.1. The topological polar surface area (TPSA) is 97.0 Å². The molecular weight excluding hydrogens is 256 g/mol. The number of hydrogen-bond donors (Lipinski definition) is 2. The number of amides is 1. The highest BCUT2D eigenvalue weighted by Gasteiger charge is 2.26. The molecule has 2 aromatic heterocycles. The van der Waals surface area contributed by atoms with Crippen LogP contribution in [-0.2, 0) is 4.79 Å². The molecule has 2 aromatic rings. The monoisotopic (exact) mass is 272 g/mol. The van der Waals surface area contributed by atoms with Gasteiger partial charge in [0.1, 0.15) is 17.7 Å². The molecule has 104 valence electrons. The maximum atomic E-state index is 12.4. The van der Waals surface area contributed by atoms with Crippen LogP contribution in [0.5, 0.6) is 0 Å². The van der Waals surface area contributed by atoms with E-state index in [-0.39, 0.29) is 11.8 Å². The van der Waals surface area contributed by atoms with Gasteiger partial charge in [0.25, 0.3) is 0 Å². The van der Waals surface area contributed by atoms with Crippen LogP contribution in [0.4, 0.5) is 11.6 Å². The summed E-state index contributed by atoms with van der Waals surface area (Å²) < 4.78 is 0. The van der Waals surface area contributed by atoms with Gasteiger partial charge < -0.3 is 11.1 Å². The molecule has 7 heteroatoms. The first-order valence-corrected chi connectivity index (χ1v) is 6.52. The molecule has 20 heavy (non-hydrogen) atoms. The van der Waals surface area contributed by atoms with Gasteiger partial charge in [-0.3, -0.25) is 9.69 Å². The predicted octanol–water partition coefficient (Wildman–Crippen LogP) is 0.179. The van der Waals surface area contributed by atoms with E-state index in [1.807, 2.05) is 0 Å². The van der Waals surface area contributed by atoms with Gasteiger partial charge in [-0.05, 0) is 25.1 Å². The molecule has 0 saturated carbocycles. The molecule has 0 bridgehead atoms. The normalized spacial score (nSPS) is 18.4. The van der Waals surface area contributed by atoms with Crippen molar-refractivity contribution in [1.29, 1.82) is 0 Å². The first-order chi connectivity index (χ1) is 9.66. The van der Waals surface area contributed by atoms with E-state index in [0.29, 0.717) is 22.7 Å². The number of hydrogen-bond acceptors (Lipinski definition) is 6. The highest BCUT2D eigenvalue weighted by atomic mass is 16.2. The Morgan fingerprint density at radius 1 is 1.45 bits per heavy atom. The number of fused-ring (bicyclic) bond motifs is 1. The van der Waals surface area contributed by atoms with Crippen molar-refractivity contribution in [3.63, 3.8) is 0 Å². The van der Waals surface area contributed by atoms with Crippen LogP contribution < -0.4 is 16.0 Å². The van der Waals surface area contributed by atoms with Gasteiger partial charge in [-0.15, -0.1) is 0 Å². The molecule has 3 N–H and O–H groups in total. The first kappa shape index (κ1) is 12.7. The second-order valence-corrected chi connectivity index (χ2v) is 4.88. The summed E-state index contributed by atoms with van der Waals surface area (Å²) in [4.78, 5) is 26.3. The van der Waals surface area contributed by atoms with Crippen molar-refractivity contribution < 1.29 is 4.79 Å².